The number of pyridine rings is 1. The van der Waals surface area contributed by atoms with Crippen LogP contribution in [-0.4, -0.2) is 10.9 Å². The minimum absolute atomic E-state index is 0.205. The molecule has 3 N–H and O–H groups in total. The molecule has 2 rings (SSSR count). The van der Waals surface area contributed by atoms with Crippen molar-refractivity contribution in [1.82, 2.24) is 10.3 Å². The van der Waals surface area contributed by atoms with Crippen LogP contribution in [0.4, 0.5) is 5.69 Å². The van der Waals surface area contributed by atoms with E-state index in [0.717, 1.165) is 5.56 Å². The Morgan fingerprint density at radius 3 is 2.55 bits per heavy atom. The van der Waals surface area contributed by atoms with Crippen molar-refractivity contribution in [2.75, 3.05) is 5.73 Å². The summed E-state index contributed by atoms with van der Waals surface area (Å²) in [6.07, 6.45) is 3.04. The smallest absolute Gasteiger partial charge is 0.255 e. The molecule has 1 aromatic carbocycles. The molecule has 0 saturated carbocycles. The van der Waals surface area contributed by atoms with E-state index in [-0.39, 0.29) is 5.91 Å². The molecule has 4 nitrogen and oxygen atoms in total. The summed E-state index contributed by atoms with van der Waals surface area (Å²) in [5.41, 5.74) is 8.94. The molecule has 104 valence electrons. The zero-order chi connectivity index (χ0) is 14.5. The van der Waals surface area contributed by atoms with Crippen molar-refractivity contribution in [3.63, 3.8) is 0 Å². The van der Waals surface area contributed by atoms with Crippen LogP contribution in [0.2, 0.25) is 0 Å². The maximum Gasteiger partial charge on any atom is 0.255 e. The van der Waals surface area contributed by atoms with Gasteiger partial charge < -0.3 is 11.1 Å². The molecule has 0 aliphatic carbocycles. The number of amides is 1. The van der Waals surface area contributed by atoms with Crippen molar-refractivity contribution in [3.05, 3.63) is 59.4 Å². The molecular weight excluding hydrogens is 250 g/mol. The number of nitrogens with one attached hydrogen (secondary N) is 1. The molecule has 1 heterocycles. The number of carbonyl (C=O) groups is 1. The predicted molar refractivity (Wildman–Crippen MR) is 80.4 cm³/mol. The third-order valence-electron chi connectivity index (χ3n) is 3.20. The maximum atomic E-state index is 12.0. The Morgan fingerprint density at radius 2 is 1.95 bits per heavy atom. The molecule has 0 radical (unpaired) electrons. The van der Waals surface area contributed by atoms with Crippen LogP contribution >= 0.6 is 0 Å². The number of carbonyl (C=O) groups excluding carboxylic acids is 1. The Morgan fingerprint density at radius 1 is 1.25 bits per heavy atom. The van der Waals surface area contributed by atoms with Crippen LogP contribution in [0.1, 0.15) is 41.3 Å². The van der Waals surface area contributed by atoms with E-state index in [9.17, 15) is 4.79 Å². The zero-order valence-corrected chi connectivity index (χ0v) is 11.8. The Bertz CT molecular complexity index is 591. The molecule has 20 heavy (non-hydrogen) atoms. The van der Waals surface area contributed by atoms with E-state index >= 15 is 0 Å². The second-order valence-electron chi connectivity index (χ2n) is 5.04. The lowest BCUT2D eigenvalue weighted by Crippen LogP contribution is -2.23. The second kappa shape index (κ2) is 6.19. The molecule has 0 unspecified atom stereocenters. The number of hydrogen-bond donors (Lipinski definition) is 2. The molecule has 1 aromatic heterocycles. The number of hydrogen-bond acceptors (Lipinski definition) is 3. The Balaban J connectivity index is 1.98. The molecule has 0 atom stereocenters. The first-order chi connectivity index (χ1) is 9.58. The van der Waals surface area contributed by atoms with Crippen LogP contribution < -0.4 is 11.1 Å². The minimum Gasteiger partial charge on any atom is -0.398 e. The van der Waals surface area contributed by atoms with Gasteiger partial charge in [-0.05, 0) is 23.1 Å². The van der Waals surface area contributed by atoms with Gasteiger partial charge in [0.05, 0.1) is 5.56 Å². The maximum absolute atomic E-state index is 12.0. The van der Waals surface area contributed by atoms with Crippen molar-refractivity contribution in [2.45, 2.75) is 26.3 Å². The van der Waals surface area contributed by atoms with E-state index in [4.69, 9.17) is 5.73 Å². The quantitative estimate of drug-likeness (QED) is 0.896. The monoisotopic (exact) mass is 269 g/mol. The highest BCUT2D eigenvalue weighted by atomic mass is 16.1. The summed E-state index contributed by atoms with van der Waals surface area (Å²) >= 11 is 0. The average molecular weight is 269 g/mol. The molecule has 0 aliphatic heterocycles. The Kier molecular flexibility index (Phi) is 4.35. The fourth-order valence-corrected chi connectivity index (χ4v) is 1.89. The minimum atomic E-state index is -0.205. The van der Waals surface area contributed by atoms with Crippen LogP contribution in [0.5, 0.6) is 0 Å². The first kappa shape index (κ1) is 14.1. The Labute approximate surface area is 119 Å². The van der Waals surface area contributed by atoms with Gasteiger partial charge in [0, 0.05) is 24.6 Å². The summed E-state index contributed by atoms with van der Waals surface area (Å²) in [6, 6.07) is 9.85. The summed E-state index contributed by atoms with van der Waals surface area (Å²) in [4.78, 5) is 15.9. The number of nitrogens with two attached hydrogens (primary N) is 1. The molecule has 0 aliphatic rings. The normalized spacial score (nSPS) is 10.6. The third kappa shape index (κ3) is 3.35. The van der Waals surface area contributed by atoms with Gasteiger partial charge in [0.1, 0.15) is 0 Å². The summed E-state index contributed by atoms with van der Waals surface area (Å²) in [5, 5.41) is 2.85. The van der Waals surface area contributed by atoms with Gasteiger partial charge in [0.15, 0.2) is 0 Å². The SMILES string of the molecule is CC(C)c1ccc(CNC(=O)c2cnccc2N)cc1. The van der Waals surface area contributed by atoms with E-state index in [0.29, 0.717) is 23.7 Å². The number of benzene rings is 1. The molecule has 0 spiro atoms. The molecular formula is C16H19N3O. The number of anilines is 1. The molecule has 0 fully saturated rings. The van der Waals surface area contributed by atoms with Crippen molar-refractivity contribution < 1.29 is 4.79 Å². The van der Waals surface area contributed by atoms with Crippen molar-refractivity contribution in [3.8, 4) is 0 Å². The standard InChI is InChI=1S/C16H19N3O/c1-11(2)13-5-3-12(4-6-13)9-19-16(20)14-10-18-8-7-15(14)17/h3-8,10-11H,9H2,1-2H3,(H2,17,18)(H,19,20). The number of aromatic nitrogens is 1. The fourth-order valence-electron chi connectivity index (χ4n) is 1.89. The van der Waals surface area contributed by atoms with Crippen molar-refractivity contribution >= 4 is 11.6 Å². The molecule has 4 heteroatoms. The van der Waals surface area contributed by atoms with Crippen LogP contribution in [0, 0.1) is 0 Å². The number of nitrogens with zero attached hydrogens (tertiary/aromatic N) is 1. The van der Waals surface area contributed by atoms with Gasteiger partial charge in [0.2, 0.25) is 0 Å². The van der Waals surface area contributed by atoms with Gasteiger partial charge in [-0.1, -0.05) is 38.1 Å². The molecule has 1 amide bonds. The largest absolute Gasteiger partial charge is 0.398 e. The summed E-state index contributed by atoms with van der Waals surface area (Å²) in [5.74, 6) is 0.303. The molecule has 0 saturated heterocycles. The summed E-state index contributed by atoms with van der Waals surface area (Å²) in [6.45, 7) is 4.79. The van der Waals surface area contributed by atoms with Crippen LogP contribution in [-0.2, 0) is 6.54 Å². The lowest BCUT2D eigenvalue weighted by molar-refractivity contribution is 0.0951. The van der Waals surface area contributed by atoms with E-state index in [1.54, 1.807) is 12.3 Å². The van der Waals surface area contributed by atoms with Gasteiger partial charge in [-0.25, -0.2) is 0 Å². The number of rotatable bonds is 4. The van der Waals surface area contributed by atoms with Gasteiger partial charge in [-0.3, -0.25) is 9.78 Å². The average Bonchev–Trinajstić information content (AvgIpc) is 2.45. The first-order valence-corrected chi connectivity index (χ1v) is 6.64. The van der Waals surface area contributed by atoms with Crippen molar-refractivity contribution in [2.24, 2.45) is 0 Å². The van der Waals surface area contributed by atoms with E-state index in [1.807, 2.05) is 12.1 Å². The van der Waals surface area contributed by atoms with Crippen molar-refractivity contribution in [1.29, 1.82) is 0 Å². The summed E-state index contributed by atoms with van der Waals surface area (Å²) in [7, 11) is 0. The van der Waals surface area contributed by atoms with Crippen LogP contribution in [0.15, 0.2) is 42.7 Å². The van der Waals surface area contributed by atoms with E-state index < -0.39 is 0 Å². The topological polar surface area (TPSA) is 68.0 Å². The number of nitrogen functional groups attached to an aromatic ring is 1. The van der Waals surface area contributed by atoms with Gasteiger partial charge in [-0.15, -0.1) is 0 Å². The van der Waals surface area contributed by atoms with Gasteiger partial charge in [0.25, 0.3) is 5.91 Å². The lowest BCUT2D eigenvalue weighted by atomic mass is 10.0. The highest BCUT2D eigenvalue weighted by molar-refractivity contribution is 5.98. The molecule has 0 bridgehead atoms. The second-order valence-corrected chi connectivity index (χ2v) is 5.04. The highest BCUT2D eigenvalue weighted by Gasteiger charge is 2.09. The fraction of sp³-hybridized carbons (Fsp3) is 0.250. The highest BCUT2D eigenvalue weighted by Crippen LogP contribution is 2.15. The summed E-state index contributed by atoms with van der Waals surface area (Å²) < 4.78 is 0. The van der Waals surface area contributed by atoms with E-state index in [1.165, 1.54) is 11.8 Å². The van der Waals surface area contributed by atoms with Gasteiger partial charge in [-0.2, -0.15) is 0 Å². The van der Waals surface area contributed by atoms with E-state index in [2.05, 4.69) is 36.3 Å². The molecule has 2 aromatic rings. The lowest BCUT2D eigenvalue weighted by Gasteiger charge is -2.09. The Hall–Kier alpha value is -2.36. The van der Waals surface area contributed by atoms with Crippen LogP contribution in [0.3, 0.4) is 0 Å². The predicted octanol–water partition coefficient (Wildman–Crippen LogP) is 2.72. The zero-order valence-electron chi connectivity index (χ0n) is 11.8. The third-order valence-corrected chi connectivity index (χ3v) is 3.20. The van der Waals surface area contributed by atoms with Gasteiger partial charge >= 0.3 is 0 Å². The van der Waals surface area contributed by atoms with Crippen LogP contribution in [0.25, 0.3) is 0 Å². The first-order valence-electron chi connectivity index (χ1n) is 6.64.